The molecule has 4 N–H and O–H groups in total. The van der Waals surface area contributed by atoms with Crippen molar-refractivity contribution in [3.63, 3.8) is 0 Å². The van der Waals surface area contributed by atoms with Gasteiger partial charge in [-0.3, -0.25) is 14.4 Å². The third-order valence-corrected chi connectivity index (χ3v) is 4.88. The number of carbonyl (C=O) groups excluding carboxylic acids is 3. The van der Waals surface area contributed by atoms with E-state index in [4.69, 9.17) is 5.73 Å². The summed E-state index contributed by atoms with van der Waals surface area (Å²) >= 11 is 0. The predicted molar refractivity (Wildman–Crippen MR) is 89.8 cm³/mol. The maximum atomic E-state index is 12.4. The minimum Gasteiger partial charge on any atom is -0.394 e. The van der Waals surface area contributed by atoms with Crippen molar-refractivity contribution in [2.75, 3.05) is 13.2 Å². The number of rotatable bonds is 5. The van der Waals surface area contributed by atoms with E-state index in [1.54, 1.807) is 0 Å². The fourth-order valence-corrected chi connectivity index (χ4v) is 3.33. The van der Waals surface area contributed by atoms with E-state index in [2.05, 4.69) is 5.32 Å². The molecule has 1 saturated heterocycles. The van der Waals surface area contributed by atoms with Crippen molar-refractivity contribution in [2.45, 2.75) is 51.6 Å². The Labute approximate surface area is 143 Å². The van der Waals surface area contributed by atoms with Crippen molar-refractivity contribution in [2.24, 2.45) is 17.1 Å². The second-order valence-corrected chi connectivity index (χ2v) is 6.75. The number of amides is 3. The van der Waals surface area contributed by atoms with Gasteiger partial charge in [0.25, 0.3) is 0 Å². The molecule has 1 aliphatic carbocycles. The van der Waals surface area contributed by atoms with Gasteiger partial charge in [0.05, 0.1) is 12.0 Å². The number of carbonyl (C=O) groups is 3. The van der Waals surface area contributed by atoms with Crippen LogP contribution in [0.15, 0.2) is 0 Å². The van der Waals surface area contributed by atoms with E-state index in [-0.39, 0.29) is 37.3 Å². The van der Waals surface area contributed by atoms with Gasteiger partial charge in [0.2, 0.25) is 17.7 Å². The largest absolute Gasteiger partial charge is 0.394 e. The van der Waals surface area contributed by atoms with Crippen LogP contribution in [0.4, 0.5) is 0 Å². The number of aliphatic hydroxyl groups excluding tert-OH is 1. The average molecular weight is 345 g/mol. The highest BCUT2D eigenvalue weighted by atomic mass is 32.1. The lowest BCUT2D eigenvalue weighted by atomic mass is 9.66. The van der Waals surface area contributed by atoms with Crippen molar-refractivity contribution in [1.29, 1.82) is 0 Å². The summed E-state index contributed by atoms with van der Waals surface area (Å²) in [6.45, 7) is 3.73. The molecule has 1 saturated carbocycles. The van der Waals surface area contributed by atoms with Crippen LogP contribution in [-0.2, 0) is 14.4 Å². The van der Waals surface area contributed by atoms with Gasteiger partial charge in [0.1, 0.15) is 6.04 Å². The van der Waals surface area contributed by atoms with Gasteiger partial charge in [-0.25, -0.2) is 0 Å². The standard InChI is InChI=1S/C15H25N3O4.H2S/c1-9(2)13(21)17-10-3-5-15(6-4-10)8-18(14(15)22)11(7-19)12(16)20;/h9-11,19H,3-8H2,1-2H3,(H2,16,20)(H,17,21);1H2/t10?,11-,15?;/m0./s1. The number of primary amides is 1. The van der Waals surface area contributed by atoms with Gasteiger partial charge in [-0.15, -0.1) is 0 Å². The first kappa shape index (κ1) is 19.8. The maximum absolute atomic E-state index is 12.4. The van der Waals surface area contributed by atoms with Crippen LogP contribution < -0.4 is 11.1 Å². The monoisotopic (exact) mass is 345 g/mol. The number of aliphatic hydroxyl groups is 1. The summed E-state index contributed by atoms with van der Waals surface area (Å²) in [5.41, 5.74) is 4.77. The molecular formula is C15H27N3O4S. The number of β-lactam (4-membered cyclic amide) rings is 1. The lowest BCUT2D eigenvalue weighted by molar-refractivity contribution is -0.172. The van der Waals surface area contributed by atoms with Crippen molar-refractivity contribution < 1.29 is 19.5 Å². The normalized spacial score (nSPS) is 28.1. The van der Waals surface area contributed by atoms with E-state index in [0.717, 1.165) is 12.8 Å². The predicted octanol–water partition coefficient (Wildman–Crippen LogP) is -0.511. The first-order valence-electron chi connectivity index (χ1n) is 7.82. The van der Waals surface area contributed by atoms with Gasteiger partial charge in [-0.05, 0) is 25.7 Å². The molecule has 2 rings (SSSR count). The van der Waals surface area contributed by atoms with Crippen molar-refractivity contribution in [3.8, 4) is 0 Å². The van der Waals surface area contributed by atoms with E-state index < -0.39 is 24.0 Å². The second-order valence-electron chi connectivity index (χ2n) is 6.75. The minimum absolute atomic E-state index is 0. The summed E-state index contributed by atoms with van der Waals surface area (Å²) in [5, 5.41) is 12.2. The fraction of sp³-hybridized carbons (Fsp3) is 0.800. The number of nitrogens with two attached hydrogens (primary N) is 1. The third-order valence-electron chi connectivity index (χ3n) is 4.88. The van der Waals surface area contributed by atoms with Crippen LogP contribution in [0.5, 0.6) is 0 Å². The van der Waals surface area contributed by atoms with Gasteiger partial charge in [0.15, 0.2) is 0 Å². The molecule has 2 aliphatic rings. The highest BCUT2D eigenvalue weighted by Gasteiger charge is 2.55. The zero-order chi connectivity index (χ0) is 16.5. The van der Waals surface area contributed by atoms with Crippen LogP contribution >= 0.6 is 13.5 Å². The number of nitrogens with one attached hydrogen (secondary N) is 1. The van der Waals surface area contributed by atoms with Crippen molar-refractivity contribution in [3.05, 3.63) is 0 Å². The Balaban J connectivity index is 0.00000264. The topological polar surface area (TPSA) is 113 Å². The molecule has 132 valence electrons. The molecule has 3 amide bonds. The number of hydrogen-bond acceptors (Lipinski definition) is 4. The zero-order valence-electron chi connectivity index (χ0n) is 13.7. The number of likely N-dealkylation sites (tertiary alicyclic amines) is 1. The Bertz CT molecular complexity index is 475. The number of nitrogens with zero attached hydrogens (tertiary/aromatic N) is 1. The highest BCUT2D eigenvalue weighted by Crippen LogP contribution is 2.45. The smallest absolute Gasteiger partial charge is 0.242 e. The molecule has 0 aromatic carbocycles. The molecule has 0 radical (unpaired) electrons. The zero-order valence-corrected chi connectivity index (χ0v) is 14.7. The Morgan fingerprint density at radius 3 is 2.35 bits per heavy atom. The van der Waals surface area contributed by atoms with Crippen LogP contribution in [-0.4, -0.2) is 53.0 Å². The minimum atomic E-state index is -0.920. The molecular weight excluding hydrogens is 318 g/mol. The van der Waals surface area contributed by atoms with E-state index in [9.17, 15) is 19.5 Å². The molecule has 1 aliphatic heterocycles. The Kier molecular flexibility index (Phi) is 6.47. The van der Waals surface area contributed by atoms with Crippen LogP contribution in [0.25, 0.3) is 0 Å². The van der Waals surface area contributed by atoms with Gasteiger partial charge in [-0.1, -0.05) is 13.8 Å². The Morgan fingerprint density at radius 1 is 1.39 bits per heavy atom. The van der Waals surface area contributed by atoms with E-state index >= 15 is 0 Å². The summed E-state index contributed by atoms with van der Waals surface area (Å²) in [6, 6.07) is -0.802. The average Bonchev–Trinajstić information content (AvgIpc) is 2.48. The molecule has 0 unspecified atom stereocenters. The first-order valence-corrected chi connectivity index (χ1v) is 7.82. The summed E-state index contributed by atoms with van der Waals surface area (Å²) in [5.74, 6) is -0.781. The molecule has 1 spiro atoms. The maximum Gasteiger partial charge on any atom is 0.242 e. The lowest BCUT2D eigenvalue weighted by Crippen LogP contribution is -2.68. The molecule has 7 nitrogen and oxygen atoms in total. The van der Waals surface area contributed by atoms with E-state index in [1.165, 1.54) is 4.90 Å². The Hall–Kier alpha value is -1.28. The molecule has 2 fully saturated rings. The molecule has 0 aromatic rings. The summed E-state index contributed by atoms with van der Waals surface area (Å²) < 4.78 is 0. The third kappa shape index (κ3) is 3.80. The summed E-state index contributed by atoms with van der Waals surface area (Å²) in [7, 11) is 0. The van der Waals surface area contributed by atoms with E-state index in [0.29, 0.717) is 19.4 Å². The number of hydrogen-bond donors (Lipinski definition) is 3. The van der Waals surface area contributed by atoms with E-state index in [1.807, 2.05) is 13.8 Å². The Morgan fingerprint density at radius 2 is 1.96 bits per heavy atom. The van der Waals surface area contributed by atoms with Gasteiger partial charge in [-0.2, -0.15) is 13.5 Å². The molecule has 1 heterocycles. The van der Waals surface area contributed by atoms with Gasteiger partial charge >= 0.3 is 0 Å². The summed E-state index contributed by atoms with van der Waals surface area (Å²) in [4.78, 5) is 36.7. The fourth-order valence-electron chi connectivity index (χ4n) is 3.33. The molecule has 0 bridgehead atoms. The van der Waals surface area contributed by atoms with Gasteiger partial charge < -0.3 is 21.1 Å². The SMILES string of the molecule is CC(C)C(=O)NC1CCC2(CC1)CN([C@@H](CO)C(N)=O)C2=O.S. The quantitative estimate of drug-likeness (QED) is 0.582. The lowest BCUT2D eigenvalue weighted by Gasteiger charge is -2.53. The van der Waals surface area contributed by atoms with Gasteiger partial charge in [0, 0.05) is 18.5 Å². The molecule has 8 heteroatoms. The van der Waals surface area contributed by atoms with Crippen LogP contribution in [0.2, 0.25) is 0 Å². The second kappa shape index (κ2) is 7.53. The molecule has 23 heavy (non-hydrogen) atoms. The van der Waals surface area contributed by atoms with Crippen molar-refractivity contribution >= 4 is 31.2 Å². The molecule has 1 atom stereocenters. The van der Waals surface area contributed by atoms with Crippen LogP contribution in [0, 0.1) is 11.3 Å². The summed E-state index contributed by atoms with van der Waals surface area (Å²) in [6.07, 6.45) is 2.92. The van der Waals surface area contributed by atoms with Crippen LogP contribution in [0.3, 0.4) is 0 Å². The van der Waals surface area contributed by atoms with Crippen LogP contribution in [0.1, 0.15) is 39.5 Å². The van der Waals surface area contributed by atoms with Crippen molar-refractivity contribution in [1.82, 2.24) is 10.2 Å². The highest BCUT2D eigenvalue weighted by molar-refractivity contribution is 7.59. The first-order chi connectivity index (χ1) is 10.3. The molecule has 0 aromatic heterocycles.